The molecule has 4 unspecified atom stereocenters. The molecule has 0 bridgehead atoms. The van der Waals surface area contributed by atoms with Gasteiger partial charge < -0.3 is 19.6 Å². The van der Waals surface area contributed by atoms with Gasteiger partial charge in [0.15, 0.2) is 5.79 Å². The van der Waals surface area contributed by atoms with Crippen LogP contribution in [0, 0.1) is 11.8 Å². The van der Waals surface area contributed by atoms with Gasteiger partial charge in [-0.15, -0.1) is 0 Å². The second-order valence-electron chi connectivity index (χ2n) is 11.1. The van der Waals surface area contributed by atoms with Crippen LogP contribution in [0.1, 0.15) is 41.0 Å². The summed E-state index contributed by atoms with van der Waals surface area (Å²) in [5.41, 5.74) is 6.49. The lowest BCUT2D eigenvalue weighted by atomic mass is 10.0. The van der Waals surface area contributed by atoms with Crippen molar-refractivity contribution in [1.29, 1.82) is 0 Å². The van der Waals surface area contributed by atoms with Crippen molar-refractivity contribution in [2.24, 2.45) is 17.6 Å². The van der Waals surface area contributed by atoms with E-state index in [1.54, 1.807) is 0 Å². The SMILES string of the molecule is CC1(C)OC2C(CO[Si](c3ccccc3)(c3ccccc3)C(C)(C)C)C3C[C@@]3(N)C2O1. The van der Waals surface area contributed by atoms with Crippen molar-refractivity contribution in [2.75, 3.05) is 6.61 Å². The molecule has 2 aliphatic carbocycles. The predicted octanol–water partition coefficient (Wildman–Crippen LogP) is 3.43. The summed E-state index contributed by atoms with van der Waals surface area (Å²) in [6, 6.07) is 21.6. The number of hydrogen-bond donors (Lipinski definition) is 1. The monoisotopic (exact) mass is 437 g/mol. The van der Waals surface area contributed by atoms with Gasteiger partial charge in [-0.05, 0) is 41.6 Å². The van der Waals surface area contributed by atoms with Crippen molar-refractivity contribution in [3.05, 3.63) is 60.7 Å². The number of hydrogen-bond acceptors (Lipinski definition) is 4. The lowest BCUT2D eigenvalue weighted by Crippen LogP contribution is -2.67. The summed E-state index contributed by atoms with van der Waals surface area (Å²) >= 11 is 0. The average Bonchev–Trinajstić information content (AvgIpc) is 3.21. The second kappa shape index (κ2) is 7.00. The first-order chi connectivity index (χ1) is 14.6. The highest BCUT2D eigenvalue weighted by atomic mass is 28.4. The molecule has 2 aromatic carbocycles. The standard InChI is InChI=1S/C26H35NO3Si/c1-24(2,3)31(18-12-8-6-9-13-18,19-14-10-7-11-15-19)28-17-20-21-16-26(21,27)23-22(20)29-25(4,5)30-23/h6-15,20-23H,16-17,27H2,1-5H3/t20?,21?,22?,23?,26-/m0/s1. The number of benzene rings is 2. The molecule has 1 aliphatic heterocycles. The molecule has 0 aromatic heterocycles. The van der Waals surface area contributed by atoms with Crippen LogP contribution in [-0.2, 0) is 13.9 Å². The zero-order chi connectivity index (χ0) is 22.1. The van der Waals surface area contributed by atoms with Crippen LogP contribution in [0.4, 0.5) is 0 Å². The van der Waals surface area contributed by atoms with Gasteiger partial charge in [0.2, 0.25) is 0 Å². The van der Waals surface area contributed by atoms with E-state index >= 15 is 0 Å². The Bertz CT molecular complexity index is 903. The maximum absolute atomic E-state index is 7.22. The molecule has 1 heterocycles. The molecular weight excluding hydrogens is 402 g/mol. The first kappa shape index (κ1) is 21.3. The Balaban J connectivity index is 1.52. The Morgan fingerprint density at radius 1 is 0.968 bits per heavy atom. The molecule has 5 heteroatoms. The van der Waals surface area contributed by atoms with E-state index in [1.165, 1.54) is 10.4 Å². The summed E-state index contributed by atoms with van der Waals surface area (Å²) in [5, 5.41) is 2.58. The van der Waals surface area contributed by atoms with Gasteiger partial charge in [0, 0.05) is 18.1 Å². The number of nitrogens with two attached hydrogens (primary N) is 1. The Labute approximate surface area is 187 Å². The quantitative estimate of drug-likeness (QED) is 0.728. The summed E-state index contributed by atoms with van der Waals surface area (Å²) in [7, 11) is -2.57. The van der Waals surface area contributed by atoms with Crippen molar-refractivity contribution in [3.8, 4) is 0 Å². The molecule has 2 N–H and O–H groups in total. The van der Waals surface area contributed by atoms with Crippen LogP contribution in [0.15, 0.2) is 60.7 Å². The van der Waals surface area contributed by atoms with E-state index in [9.17, 15) is 0 Å². The van der Waals surface area contributed by atoms with Gasteiger partial charge in [-0.1, -0.05) is 81.4 Å². The zero-order valence-corrected chi connectivity index (χ0v) is 20.3. The third-order valence-corrected chi connectivity index (χ3v) is 12.6. The maximum atomic E-state index is 7.22. The number of rotatable bonds is 5. The van der Waals surface area contributed by atoms with Crippen LogP contribution >= 0.6 is 0 Å². The minimum atomic E-state index is -2.57. The fourth-order valence-corrected chi connectivity index (χ4v) is 10.7. The van der Waals surface area contributed by atoms with Crippen molar-refractivity contribution in [1.82, 2.24) is 0 Å². The van der Waals surface area contributed by atoms with Gasteiger partial charge in [-0.25, -0.2) is 0 Å². The van der Waals surface area contributed by atoms with Gasteiger partial charge in [0.1, 0.15) is 6.10 Å². The molecule has 5 atom stereocenters. The van der Waals surface area contributed by atoms with Gasteiger partial charge in [0.05, 0.1) is 6.10 Å². The van der Waals surface area contributed by atoms with E-state index in [2.05, 4.69) is 81.4 Å². The topological polar surface area (TPSA) is 53.7 Å². The van der Waals surface area contributed by atoms with Crippen LogP contribution in [0.2, 0.25) is 5.04 Å². The molecule has 2 aromatic rings. The van der Waals surface area contributed by atoms with E-state index in [0.717, 1.165) is 6.42 Å². The molecule has 4 nitrogen and oxygen atoms in total. The fourth-order valence-electron chi connectivity index (χ4n) is 6.14. The largest absolute Gasteiger partial charge is 0.407 e. The first-order valence-electron chi connectivity index (χ1n) is 11.5. The molecule has 1 saturated heterocycles. The molecule has 0 spiro atoms. The van der Waals surface area contributed by atoms with Gasteiger partial charge in [-0.3, -0.25) is 0 Å². The highest BCUT2D eigenvalue weighted by Crippen LogP contribution is 2.62. The lowest BCUT2D eigenvalue weighted by molar-refractivity contribution is -0.159. The summed E-state index contributed by atoms with van der Waals surface area (Å²) < 4.78 is 19.8. The van der Waals surface area contributed by atoms with Crippen molar-refractivity contribution in [3.63, 3.8) is 0 Å². The van der Waals surface area contributed by atoms with E-state index in [4.69, 9.17) is 19.6 Å². The molecule has 5 rings (SSSR count). The first-order valence-corrected chi connectivity index (χ1v) is 13.4. The molecule has 2 saturated carbocycles. The lowest BCUT2D eigenvalue weighted by Gasteiger charge is -2.44. The van der Waals surface area contributed by atoms with E-state index in [-0.39, 0.29) is 28.7 Å². The van der Waals surface area contributed by atoms with E-state index in [1.807, 2.05) is 13.8 Å². The normalized spacial score (nSPS) is 33.7. The van der Waals surface area contributed by atoms with Crippen LogP contribution in [0.3, 0.4) is 0 Å². The van der Waals surface area contributed by atoms with Crippen LogP contribution in [0.25, 0.3) is 0 Å². The molecule has 0 amide bonds. The average molecular weight is 438 g/mol. The van der Waals surface area contributed by atoms with E-state index < -0.39 is 14.1 Å². The Morgan fingerprint density at radius 3 is 2.03 bits per heavy atom. The summed E-state index contributed by atoms with van der Waals surface area (Å²) in [4.78, 5) is 0. The smallest absolute Gasteiger partial charge is 0.261 e. The molecule has 3 aliphatic rings. The zero-order valence-electron chi connectivity index (χ0n) is 19.3. The summed E-state index contributed by atoms with van der Waals surface area (Å²) in [6.45, 7) is 11.6. The number of fused-ring (bicyclic) bond motifs is 3. The third kappa shape index (κ3) is 3.25. The van der Waals surface area contributed by atoms with Crippen molar-refractivity contribution < 1.29 is 13.9 Å². The predicted molar refractivity (Wildman–Crippen MR) is 126 cm³/mol. The second-order valence-corrected chi connectivity index (χ2v) is 15.4. The minimum absolute atomic E-state index is 0.0111. The molecular formula is C26H35NO3Si. The van der Waals surface area contributed by atoms with E-state index in [0.29, 0.717) is 12.5 Å². The summed E-state index contributed by atoms with van der Waals surface area (Å²) in [5.74, 6) is 0.0977. The summed E-state index contributed by atoms with van der Waals surface area (Å²) in [6.07, 6.45) is 0.986. The molecule has 0 radical (unpaired) electrons. The highest BCUT2D eigenvalue weighted by molar-refractivity contribution is 6.99. The van der Waals surface area contributed by atoms with Crippen LogP contribution in [-0.4, -0.2) is 38.5 Å². The number of ether oxygens (including phenoxy) is 2. The van der Waals surface area contributed by atoms with Gasteiger partial charge >= 0.3 is 0 Å². The van der Waals surface area contributed by atoms with Crippen LogP contribution < -0.4 is 16.1 Å². The molecule has 166 valence electrons. The van der Waals surface area contributed by atoms with Crippen LogP contribution in [0.5, 0.6) is 0 Å². The van der Waals surface area contributed by atoms with Gasteiger partial charge in [0.25, 0.3) is 8.32 Å². The third-order valence-electron chi connectivity index (χ3n) is 7.61. The highest BCUT2D eigenvalue weighted by Gasteiger charge is 2.74. The Morgan fingerprint density at radius 2 is 1.52 bits per heavy atom. The van der Waals surface area contributed by atoms with Gasteiger partial charge in [-0.2, -0.15) is 0 Å². The van der Waals surface area contributed by atoms with Crippen molar-refractivity contribution >= 4 is 18.7 Å². The molecule has 31 heavy (non-hydrogen) atoms. The maximum Gasteiger partial charge on any atom is 0.261 e. The van der Waals surface area contributed by atoms with Crippen molar-refractivity contribution in [2.45, 2.75) is 69.6 Å². The Hall–Kier alpha value is -1.50. The Kier molecular flexibility index (Phi) is 4.82. The minimum Gasteiger partial charge on any atom is -0.407 e. The molecule has 3 fully saturated rings. The fraction of sp³-hybridized carbons (Fsp3) is 0.538.